The number of aliphatic hydroxyl groups excluding tert-OH is 2. The topological polar surface area (TPSA) is 68.2 Å². The summed E-state index contributed by atoms with van der Waals surface area (Å²) in [7, 11) is 0. The Balaban J connectivity index is 1.82. The highest BCUT2D eigenvalue weighted by Gasteiger charge is 2.43. The molecule has 2 N–H and O–H groups in total. The van der Waals surface area contributed by atoms with E-state index in [9.17, 15) is 10.2 Å². The van der Waals surface area contributed by atoms with Gasteiger partial charge in [-0.3, -0.25) is 0 Å². The first-order chi connectivity index (χ1) is 9.72. The molecular formula is C15H20O5. The normalized spacial score (nSPS) is 29.5. The summed E-state index contributed by atoms with van der Waals surface area (Å²) in [5.41, 5.74) is 1.05. The van der Waals surface area contributed by atoms with Gasteiger partial charge in [-0.05, 0) is 5.56 Å². The molecule has 1 aromatic carbocycles. The van der Waals surface area contributed by atoms with E-state index >= 15 is 0 Å². The van der Waals surface area contributed by atoms with Crippen molar-refractivity contribution in [3.63, 3.8) is 0 Å². The molecule has 0 unspecified atom stereocenters. The van der Waals surface area contributed by atoms with Crippen molar-refractivity contribution in [3.8, 4) is 0 Å². The number of hydrogen-bond acceptors (Lipinski definition) is 5. The van der Waals surface area contributed by atoms with Gasteiger partial charge in [-0.25, -0.2) is 0 Å². The third-order valence-electron chi connectivity index (χ3n) is 3.11. The van der Waals surface area contributed by atoms with E-state index in [1.807, 2.05) is 30.3 Å². The second kappa shape index (κ2) is 7.52. The molecule has 110 valence electrons. The molecule has 1 aliphatic rings. The molecule has 5 heteroatoms. The van der Waals surface area contributed by atoms with Crippen LogP contribution in [0.1, 0.15) is 5.56 Å². The SMILES string of the molecule is C=CCO[C@H]1[C@@H](O)[C@@H](O)O[C@@H]1COCc1ccccc1. The Kier molecular flexibility index (Phi) is 5.70. The van der Waals surface area contributed by atoms with Gasteiger partial charge in [0.1, 0.15) is 18.3 Å². The van der Waals surface area contributed by atoms with Crippen LogP contribution in [0.2, 0.25) is 0 Å². The van der Waals surface area contributed by atoms with Crippen LogP contribution in [0.3, 0.4) is 0 Å². The van der Waals surface area contributed by atoms with Crippen LogP contribution in [0.25, 0.3) is 0 Å². The average Bonchev–Trinajstić information content (AvgIpc) is 2.73. The van der Waals surface area contributed by atoms with Gasteiger partial charge in [-0.15, -0.1) is 6.58 Å². The summed E-state index contributed by atoms with van der Waals surface area (Å²) in [4.78, 5) is 0. The van der Waals surface area contributed by atoms with Crippen LogP contribution in [-0.4, -0.2) is 48.0 Å². The molecule has 0 saturated carbocycles. The summed E-state index contributed by atoms with van der Waals surface area (Å²) in [5.74, 6) is 0. The molecule has 1 fully saturated rings. The van der Waals surface area contributed by atoms with Gasteiger partial charge in [0.05, 0.1) is 19.8 Å². The lowest BCUT2D eigenvalue weighted by molar-refractivity contribution is -0.137. The Morgan fingerprint density at radius 2 is 2.00 bits per heavy atom. The maximum atomic E-state index is 9.78. The summed E-state index contributed by atoms with van der Waals surface area (Å²) >= 11 is 0. The molecule has 0 amide bonds. The first-order valence-electron chi connectivity index (χ1n) is 6.58. The van der Waals surface area contributed by atoms with Gasteiger partial charge in [0, 0.05) is 0 Å². The van der Waals surface area contributed by atoms with Gasteiger partial charge in [0.25, 0.3) is 0 Å². The Labute approximate surface area is 118 Å². The monoisotopic (exact) mass is 280 g/mol. The summed E-state index contributed by atoms with van der Waals surface area (Å²) < 4.78 is 16.2. The summed E-state index contributed by atoms with van der Waals surface area (Å²) in [6.45, 7) is 4.52. The van der Waals surface area contributed by atoms with Crippen molar-refractivity contribution >= 4 is 0 Å². The van der Waals surface area contributed by atoms with Gasteiger partial charge in [-0.1, -0.05) is 36.4 Å². The third kappa shape index (κ3) is 3.88. The van der Waals surface area contributed by atoms with Gasteiger partial charge >= 0.3 is 0 Å². The molecule has 5 nitrogen and oxygen atoms in total. The van der Waals surface area contributed by atoms with Crippen molar-refractivity contribution in [2.45, 2.75) is 31.2 Å². The number of hydrogen-bond donors (Lipinski definition) is 2. The summed E-state index contributed by atoms with van der Waals surface area (Å²) in [6, 6.07) is 9.74. The van der Waals surface area contributed by atoms with Crippen molar-refractivity contribution in [2.24, 2.45) is 0 Å². The predicted molar refractivity (Wildman–Crippen MR) is 72.9 cm³/mol. The van der Waals surface area contributed by atoms with Crippen molar-refractivity contribution in [3.05, 3.63) is 48.6 Å². The van der Waals surface area contributed by atoms with Crippen LogP contribution < -0.4 is 0 Å². The largest absolute Gasteiger partial charge is 0.385 e. The van der Waals surface area contributed by atoms with Gasteiger partial charge < -0.3 is 24.4 Å². The van der Waals surface area contributed by atoms with Gasteiger partial charge in [0.2, 0.25) is 0 Å². The second-order valence-corrected chi connectivity index (χ2v) is 4.64. The fourth-order valence-corrected chi connectivity index (χ4v) is 2.11. The van der Waals surface area contributed by atoms with Crippen molar-refractivity contribution < 1.29 is 24.4 Å². The predicted octanol–water partition coefficient (Wildman–Crippen LogP) is 0.852. The minimum Gasteiger partial charge on any atom is -0.385 e. The van der Waals surface area contributed by atoms with Crippen molar-refractivity contribution in [1.29, 1.82) is 0 Å². The highest BCUT2D eigenvalue weighted by molar-refractivity contribution is 5.13. The molecule has 1 aromatic rings. The molecular weight excluding hydrogens is 260 g/mol. The van der Waals surface area contributed by atoms with Crippen molar-refractivity contribution in [1.82, 2.24) is 0 Å². The number of aliphatic hydroxyl groups is 2. The minimum absolute atomic E-state index is 0.241. The lowest BCUT2D eigenvalue weighted by Gasteiger charge is -2.19. The maximum Gasteiger partial charge on any atom is 0.184 e. The number of benzene rings is 1. The van der Waals surface area contributed by atoms with Gasteiger partial charge in [-0.2, -0.15) is 0 Å². The first-order valence-corrected chi connectivity index (χ1v) is 6.58. The van der Waals surface area contributed by atoms with E-state index in [4.69, 9.17) is 14.2 Å². The van der Waals surface area contributed by atoms with E-state index in [-0.39, 0.29) is 13.2 Å². The molecule has 2 rings (SSSR count). The minimum atomic E-state index is -1.24. The molecule has 0 radical (unpaired) electrons. The van der Waals surface area contributed by atoms with Crippen LogP contribution in [-0.2, 0) is 20.8 Å². The number of ether oxygens (including phenoxy) is 3. The molecule has 0 aromatic heterocycles. The van der Waals surface area contributed by atoms with E-state index in [1.165, 1.54) is 0 Å². The fraction of sp³-hybridized carbons (Fsp3) is 0.467. The standard InChI is InChI=1S/C15H20O5/c1-2-8-19-14-12(20-15(17)13(14)16)10-18-9-11-6-4-3-5-7-11/h2-7,12-17H,1,8-10H2/t12-,13-,14-,15+/m1/s1. The molecule has 20 heavy (non-hydrogen) atoms. The van der Waals surface area contributed by atoms with E-state index in [2.05, 4.69) is 6.58 Å². The zero-order valence-corrected chi connectivity index (χ0v) is 11.2. The van der Waals surface area contributed by atoms with E-state index < -0.39 is 24.6 Å². The van der Waals surface area contributed by atoms with E-state index in [0.717, 1.165) is 5.56 Å². The van der Waals surface area contributed by atoms with E-state index in [0.29, 0.717) is 6.61 Å². The second-order valence-electron chi connectivity index (χ2n) is 4.64. The van der Waals surface area contributed by atoms with Crippen LogP contribution >= 0.6 is 0 Å². The molecule has 1 aliphatic heterocycles. The summed E-state index contributed by atoms with van der Waals surface area (Å²) in [5, 5.41) is 19.3. The Hall–Kier alpha value is -1.24. The third-order valence-corrected chi connectivity index (χ3v) is 3.11. The highest BCUT2D eigenvalue weighted by Crippen LogP contribution is 2.23. The maximum absolute atomic E-state index is 9.78. The van der Waals surface area contributed by atoms with Crippen LogP contribution in [0.15, 0.2) is 43.0 Å². The van der Waals surface area contributed by atoms with Crippen LogP contribution in [0.5, 0.6) is 0 Å². The Bertz CT molecular complexity index is 408. The zero-order valence-electron chi connectivity index (χ0n) is 11.2. The molecule has 0 bridgehead atoms. The average molecular weight is 280 g/mol. The first kappa shape index (κ1) is 15.2. The van der Waals surface area contributed by atoms with Crippen LogP contribution in [0.4, 0.5) is 0 Å². The lowest BCUT2D eigenvalue weighted by Crippen LogP contribution is -2.37. The lowest BCUT2D eigenvalue weighted by atomic mass is 10.1. The molecule has 1 saturated heterocycles. The molecule has 4 atom stereocenters. The molecule has 0 aliphatic carbocycles. The molecule has 0 spiro atoms. The number of rotatable bonds is 7. The van der Waals surface area contributed by atoms with E-state index in [1.54, 1.807) is 6.08 Å². The fourth-order valence-electron chi connectivity index (χ4n) is 2.11. The molecule has 1 heterocycles. The highest BCUT2D eigenvalue weighted by atomic mass is 16.7. The van der Waals surface area contributed by atoms with Crippen molar-refractivity contribution in [2.75, 3.05) is 13.2 Å². The van der Waals surface area contributed by atoms with Gasteiger partial charge in [0.15, 0.2) is 6.29 Å². The Morgan fingerprint density at radius 1 is 1.25 bits per heavy atom. The quantitative estimate of drug-likeness (QED) is 0.725. The zero-order chi connectivity index (χ0) is 14.4. The summed E-state index contributed by atoms with van der Waals surface area (Å²) in [6.07, 6.45) is -1.84. The van der Waals surface area contributed by atoms with Crippen LogP contribution in [0, 0.1) is 0 Å². The smallest absolute Gasteiger partial charge is 0.184 e. The Morgan fingerprint density at radius 3 is 2.70 bits per heavy atom.